The van der Waals surface area contributed by atoms with Crippen molar-refractivity contribution < 1.29 is 9.47 Å². The summed E-state index contributed by atoms with van der Waals surface area (Å²) in [6, 6.07) is 10.6. The maximum Gasteiger partial charge on any atom is 0.0956 e. The van der Waals surface area contributed by atoms with Crippen molar-refractivity contribution in [2.24, 2.45) is 0 Å². The lowest BCUT2D eigenvalue weighted by Gasteiger charge is -2.37. The Morgan fingerprint density at radius 2 is 1.94 bits per heavy atom. The molecule has 3 heteroatoms. The summed E-state index contributed by atoms with van der Waals surface area (Å²) in [5, 5.41) is 1.06. The maximum absolute atomic E-state index is 6.08. The minimum absolute atomic E-state index is 0.109. The summed E-state index contributed by atoms with van der Waals surface area (Å²) in [6.07, 6.45) is 4.41. The molecule has 0 N–H and O–H groups in total. The van der Waals surface area contributed by atoms with Crippen molar-refractivity contribution in [1.29, 1.82) is 0 Å². The van der Waals surface area contributed by atoms with Crippen molar-refractivity contribution in [2.75, 3.05) is 25.2 Å². The third-order valence-electron chi connectivity index (χ3n) is 3.39. The Bertz CT molecular complexity index is 334. The van der Waals surface area contributed by atoms with Gasteiger partial charge in [0.05, 0.1) is 25.4 Å². The molecular weight excluding hydrogens is 292 g/mol. The Morgan fingerprint density at radius 3 is 2.61 bits per heavy atom. The molecule has 1 aliphatic heterocycles. The number of benzene rings is 1. The van der Waals surface area contributed by atoms with Crippen molar-refractivity contribution in [3.63, 3.8) is 0 Å². The molecule has 0 bridgehead atoms. The Labute approximate surface area is 118 Å². The van der Waals surface area contributed by atoms with Gasteiger partial charge in [0.15, 0.2) is 0 Å². The zero-order valence-electron chi connectivity index (χ0n) is 10.7. The average molecular weight is 313 g/mol. The molecule has 0 aromatic heterocycles. The Hall–Kier alpha value is -0.380. The monoisotopic (exact) mass is 312 g/mol. The molecule has 1 fully saturated rings. The molecule has 1 saturated heterocycles. The number of ether oxygens (including phenoxy) is 2. The van der Waals surface area contributed by atoms with Crippen molar-refractivity contribution in [2.45, 2.75) is 31.3 Å². The van der Waals surface area contributed by atoms with Crippen LogP contribution in [0.25, 0.3) is 0 Å². The molecule has 1 atom stereocenters. The normalized spacial score (nSPS) is 24.1. The van der Waals surface area contributed by atoms with E-state index in [0.717, 1.165) is 38.0 Å². The highest BCUT2D eigenvalue weighted by Gasteiger charge is 2.33. The van der Waals surface area contributed by atoms with Gasteiger partial charge in [-0.15, -0.1) is 0 Å². The van der Waals surface area contributed by atoms with Crippen LogP contribution < -0.4 is 0 Å². The molecule has 18 heavy (non-hydrogen) atoms. The van der Waals surface area contributed by atoms with Gasteiger partial charge >= 0.3 is 0 Å². The Balaban J connectivity index is 1.99. The average Bonchev–Trinajstić information content (AvgIpc) is 2.41. The van der Waals surface area contributed by atoms with E-state index in [1.54, 1.807) is 0 Å². The van der Waals surface area contributed by atoms with Crippen molar-refractivity contribution in [1.82, 2.24) is 0 Å². The molecule has 0 amide bonds. The summed E-state index contributed by atoms with van der Waals surface area (Å²) < 4.78 is 11.7. The number of unbranched alkanes of at least 4 members (excludes halogenated alkanes) is 1. The summed E-state index contributed by atoms with van der Waals surface area (Å²) in [5.41, 5.74) is 1.23. The summed E-state index contributed by atoms with van der Waals surface area (Å²) >= 11 is 3.49. The van der Waals surface area contributed by atoms with Crippen LogP contribution in [0.4, 0.5) is 0 Å². The van der Waals surface area contributed by atoms with Crippen molar-refractivity contribution in [3.8, 4) is 0 Å². The van der Waals surface area contributed by atoms with Crippen LogP contribution in [0.1, 0.15) is 24.8 Å². The fourth-order valence-electron chi connectivity index (χ4n) is 2.46. The van der Waals surface area contributed by atoms with E-state index in [-0.39, 0.29) is 5.60 Å². The summed E-state index contributed by atoms with van der Waals surface area (Å²) in [7, 11) is 0. The van der Waals surface area contributed by atoms with E-state index in [4.69, 9.17) is 9.47 Å². The first-order chi connectivity index (χ1) is 8.85. The van der Waals surface area contributed by atoms with Gasteiger partial charge in [-0.25, -0.2) is 0 Å². The molecular formula is C15H21BrO2. The fourth-order valence-corrected chi connectivity index (χ4v) is 2.86. The number of halogens is 1. The molecule has 2 nitrogen and oxygen atoms in total. The third-order valence-corrected chi connectivity index (χ3v) is 3.95. The lowest BCUT2D eigenvalue weighted by molar-refractivity contribution is -0.160. The predicted molar refractivity (Wildman–Crippen MR) is 77.3 cm³/mol. The van der Waals surface area contributed by atoms with Gasteiger partial charge in [-0.3, -0.25) is 0 Å². The largest absolute Gasteiger partial charge is 0.376 e. The smallest absolute Gasteiger partial charge is 0.0956 e. The Kier molecular flexibility index (Phi) is 5.67. The van der Waals surface area contributed by atoms with Crippen LogP contribution in [-0.2, 0) is 15.9 Å². The summed E-state index contributed by atoms with van der Waals surface area (Å²) in [5.74, 6) is 0. The van der Waals surface area contributed by atoms with Crippen LogP contribution in [0.2, 0.25) is 0 Å². The topological polar surface area (TPSA) is 18.5 Å². The van der Waals surface area contributed by atoms with Crippen LogP contribution in [0, 0.1) is 0 Å². The van der Waals surface area contributed by atoms with E-state index < -0.39 is 0 Å². The van der Waals surface area contributed by atoms with E-state index in [0.29, 0.717) is 0 Å². The zero-order valence-corrected chi connectivity index (χ0v) is 12.3. The summed E-state index contributed by atoms with van der Waals surface area (Å²) in [4.78, 5) is 0. The van der Waals surface area contributed by atoms with Gasteiger partial charge in [0.1, 0.15) is 0 Å². The van der Waals surface area contributed by atoms with E-state index in [2.05, 4.69) is 46.3 Å². The van der Waals surface area contributed by atoms with Gasteiger partial charge in [0, 0.05) is 11.8 Å². The Morgan fingerprint density at radius 1 is 1.11 bits per heavy atom. The molecule has 0 saturated carbocycles. The number of hydrogen-bond acceptors (Lipinski definition) is 2. The lowest BCUT2D eigenvalue weighted by atomic mass is 9.89. The van der Waals surface area contributed by atoms with E-state index in [1.165, 1.54) is 18.4 Å². The second kappa shape index (κ2) is 7.27. The van der Waals surface area contributed by atoms with Crippen LogP contribution in [0.3, 0.4) is 0 Å². The molecule has 1 heterocycles. The number of rotatable bonds is 6. The van der Waals surface area contributed by atoms with Gasteiger partial charge < -0.3 is 9.47 Å². The highest BCUT2D eigenvalue weighted by atomic mass is 79.9. The molecule has 0 aliphatic carbocycles. The predicted octanol–water partition coefficient (Wildman–Crippen LogP) is 3.58. The molecule has 1 unspecified atom stereocenters. The molecule has 0 radical (unpaired) electrons. The SMILES string of the molecule is BrCCCCC1(Cc2ccccc2)COCCO1. The van der Waals surface area contributed by atoms with Crippen LogP contribution >= 0.6 is 15.9 Å². The lowest BCUT2D eigenvalue weighted by Crippen LogP contribution is -2.45. The highest BCUT2D eigenvalue weighted by molar-refractivity contribution is 9.09. The third kappa shape index (κ3) is 4.08. The van der Waals surface area contributed by atoms with Gasteiger partial charge in [0.25, 0.3) is 0 Å². The zero-order chi connectivity index (χ0) is 12.7. The van der Waals surface area contributed by atoms with Crippen LogP contribution in [0.5, 0.6) is 0 Å². The van der Waals surface area contributed by atoms with Crippen LogP contribution in [-0.4, -0.2) is 30.8 Å². The maximum atomic E-state index is 6.08. The highest BCUT2D eigenvalue weighted by Crippen LogP contribution is 2.27. The fraction of sp³-hybridized carbons (Fsp3) is 0.600. The minimum Gasteiger partial charge on any atom is -0.376 e. The second-order valence-corrected chi connectivity index (χ2v) is 5.69. The van der Waals surface area contributed by atoms with Crippen molar-refractivity contribution in [3.05, 3.63) is 35.9 Å². The minimum atomic E-state index is -0.109. The quantitative estimate of drug-likeness (QED) is 0.590. The standard InChI is InChI=1S/C15H21BrO2/c16-9-5-4-8-15(13-17-10-11-18-15)12-14-6-2-1-3-7-14/h1-3,6-7H,4-5,8-13H2. The van der Waals surface area contributed by atoms with E-state index >= 15 is 0 Å². The molecule has 0 spiro atoms. The number of hydrogen-bond donors (Lipinski definition) is 0. The van der Waals surface area contributed by atoms with Crippen LogP contribution in [0.15, 0.2) is 30.3 Å². The first kappa shape index (κ1) is 14.0. The van der Waals surface area contributed by atoms with Gasteiger partial charge in [-0.2, -0.15) is 0 Å². The first-order valence-corrected chi connectivity index (χ1v) is 7.78. The molecule has 1 aromatic rings. The number of alkyl halides is 1. The van der Waals surface area contributed by atoms with Gasteiger partial charge in [0.2, 0.25) is 0 Å². The first-order valence-electron chi connectivity index (χ1n) is 6.66. The molecule has 100 valence electrons. The molecule has 1 aromatic carbocycles. The van der Waals surface area contributed by atoms with Gasteiger partial charge in [-0.1, -0.05) is 46.3 Å². The summed E-state index contributed by atoms with van der Waals surface area (Å²) in [6.45, 7) is 2.18. The van der Waals surface area contributed by atoms with E-state index in [9.17, 15) is 0 Å². The second-order valence-electron chi connectivity index (χ2n) is 4.89. The molecule has 1 aliphatic rings. The molecule has 2 rings (SSSR count). The van der Waals surface area contributed by atoms with E-state index in [1.807, 2.05) is 0 Å². The van der Waals surface area contributed by atoms with Gasteiger partial charge in [-0.05, 0) is 24.8 Å². The van der Waals surface area contributed by atoms with Crippen molar-refractivity contribution >= 4 is 15.9 Å².